The van der Waals surface area contributed by atoms with Gasteiger partial charge in [-0.25, -0.2) is 0 Å². The quantitative estimate of drug-likeness (QED) is 0.902. The molecule has 22 heavy (non-hydrogen) atoms. The monoisotopic (exact) mass is 325 g/mol. The lowest BCUT2D eigenvalue weighted by Crippen LogP contribution is -2.39. The molecule has 0 radical (unpaired) electrons. The number of likely N-dealkylation sites (tertiary alicyclic amines) is 1. The molecule has 2 saturated heterocycles. The van der Waals surface area contributed by atoms with E-state index in [1.54, 1.807) is 11.3 Å². The summed E-state index contributed by atoms with van der Waals surface area (Å²) in [5, 5.41) is 12.3. The Kier molecular flexibility index (Phi) is 5.46. The van der Waals surface area contributed by atoms with Crippen LogP contribution in [0.3, 0.4) is 0 Å². The van der Waals surface area contributed by atoms with Crippen LogP contribution in [0.5, 0.6) is 0 Å². The topological polar surface area (TPSA) is 59.0 Å². The predicted octanol–water partition coefficient (Wildman–Crippen LogP) is 2.32. The molecule has 3 heterocycles. The highest BCUT2D eigenvalue weighted by molar-refractivity contribution is 7.10. The average Bonchev–Trinajstić information content (AvgIpc) is 3.19. The van der Waals surface area contributed by atoms with Gasteiger partial charge in [0, 0.05) is 17.5 Å². The third kappa shape index (κ3) is 3.87. The smallest absolute Gasteiger partial charge is 0.227 e. The third-order valence-electron chi connectivity index (χ3n) is 4.30. The molecule has 0 saturated carbocycles. The molecule has 1 N–H and O–H groups in total. The molecule has 0 aliphatic carbocycles. The summed E-state index contributed by atoms with van der Waals surface area (Å²) < 4.78 is 10.9. The zero-order valence-electron chi connectivity index (χ0n) is 12.6. The first-order valence-corrected chi connectivity index (χ1v) is 8.86. The van der Waals surface area contributed by atoms with Gasteiger partial charge in [-0.05, 0) is 37.1 Å². The summed E-state index contributed by atoms with van der Waals surface area (Å²) in [6.07, 6.45) is 2.86. The van der Waals surface area contributed by atoms with Crippen LogP contribution in [-0.4, -0.2) is 48.0 Å². The number of carbonyl (C=O) groups excluding carboxylic acids is 1. The first kappa shape index (κ1) is 15.9. The molecule has 3 rings (SSSR count). The number of thiophene rings is 1. The lowest BCUT2D eigenvalue weighted by atomic mass is 10.1. The number of nitrogens with zero attached hydrogens (tertiary/aromatic N) is 1. The van der Waals surface area contributed by atoms with E-state index in [2.05, 4.69) is 0 Å². The summed E-state index contributed by atoms with van der Waals surface area (Å²) in [7, 11) is 0. The molecule has 5 nitrogen and oxygen atoms in total. The van der Waals surface area contributed by atoms with Crippen molar-refractivity contribution in [2.75, 3.05) is 19.8 Å². The first-order valence-electron chi connectivity index (χ1n) is 7.98. The van der Waals surface area contributed by atoms with Gasteiger partial charge in [-0.1, -0.05) is 6.07 Å². The third-order valence-corrected chi connectivity index (χ3v) is 5.28. The molecule has 0 spiro atoms. The van der Waals surface area contributed by atoms with E-state index in [-0.39, 0.29) is 18.4 Å². The number of aliphatic hydroxyl groups excluding tert-OH is 1. The SMILES string of the molecule is O=C(CC1OCCCO1)N1CCC[C@H]1C[C@@H](O)c1cccs1. The minimum Gasteiger partial charge on any atom is -0.387 e. The van der Waals surface area contributed by atoms with Crippen LogP contribution in [0.2, 0.25) is 0 Å². The van der Waals surface area contributed by atoms with Crippen LogP contribution in [0.25, 0.3) is 0 Å². The second-order valence-electron chi connectivity index (χ2n) is 5.88. The number of ether oxygens (including phenoxy) is 2. The highest BCUT2D eigenvalue weighted by atomic mass is 32.1. The molecular formula is C16H23NO4S. The van der Waals surface area contributed by atoms with Gasteiger partial charge >= 0.3 is 0 Å². The fraction of sp³-hybridized carbons (Fsp3) is 0.688. The molecule has 2 fully saturated rings. The average molecular weight is 325 g/mol. The zero-order chi connectivity index (χ0) is 15.4. The van der Waals surface area contributed by atoms with Gasteiger partial charge in [-0.2, -0.15) is 0 Å². The van der Waals surface area contributed by atoms with Gasteiger partial charge in [0.15, 0.2) is 6.29 Å². The van der Waals surface area contributed by atoms with Crippen molar-refractivity contribution < 1.29 is 19.4 Å². The van der Waals surface area contributed by atoms with Gasteiger partial charge in [0.25, 0.3) is 0 Å². The van der Waals surface area contributed by atoms with Crippen molar-refractivity contribution in [3.05, 3.63) is 22.4 Å². The summed E-state index contributed by atoms with van der Waals surface area (Å²) in [4.78, 5) is 15.4. The fourth-order valence-electron chi connectivity index (χ4n) is 3.18. The van der Waals surface area contributed by atoms with E-state index < -0.39 is 12.4 Å². The maximum absolute atomic E-state index is 12.5. The van der Waals surface area contributed by atoms with E-state index in [0.29, 0.717) is 19.6 Å². The van der Waals surface area contributed by atoms with Crippen LogP contribution < -0.4 is 0 Å². The van der Waals surface area contributed by atoms with Crippen molar-refractivity contribution in [3.63, 3.8) is 0 Å². The fourth-order valence-corrected chi connectivity index (χ4v) is 3.90. The molecule has 0 aromatic carbocycles. The maximum Gasteiger partial charge on any atom is 0.227 e. The maximum atomic E-state index is 12.5. The molecule has 1 aromatic rings. The Hall–Kier alpha value is -0.950. The Morgan fingerprint density at radius 1 is 1.41 bits per heavy atom. The van der Waals surface area contributed by atoms with Crippen LogP contribution in [0, 0.1) is 0 Å². The summed E-state index contributed by atoms with van der Waals surface area (Å²) in [5.74, 6) is 0.0766. The van der Waals surface area contributed by atoms with Gasteiger partial charge < -0.3 is 19.5 Å². The summed E-state index contributed by atoms with van der Waals surface area (Å²) in [6, 6.07) is 4.01. The van der Waals surface area contributed by atoms with Gasteiger partial charge in [0.2, 0.25) is 5.91 Å². The van der Waals surface area contributed by atoms with Gasteiger partial charge in [0.05, 0.1) is 25.7 Å². The zero-order valence-corrected chi connectivity index (χ0v) is 13.5. The van der Waals surface area contributed by atoms with Crippen molar-refractivity contribution in [2.45, 2.75) is 50.5 Å². The van der Waals surface area contributed by atoms with Crippen LogP contribution >= 0.6 is 11.3 Å². The van der Waals surface area contributed by atoms with Crippen molar-refractivity contribution in [2.24, 2.45) is 0 Å². The van der Waals surface area contributed by atoms with Crippen LogP contribution in [-0.2, 0) is 14.3 Å². The Bertz CT molecular complexity index is 473. The lowest BCUT2D eigenvalue weighted by molar-refractivity contribution is -0.187. The van der Waals surface area contributed by atoms with Crippen molar-refractivity contribution in [1.29, 1.82) is 0 Å². The minimum absolute atomic E-state index is 0.0766. The Morgan fingerprint density at radius 3 is 2.95 bits per heavy atom. The van der Waals surface area contributed by atoms with E-state index >= 15 is 0 Å². The molecular weight excluding hydrogens is 302 g/mol. The second-order valence-corrected chi connectivity index (χ2v) is 6.86. The minimum atomic E-state index is -0.486. The van der Waals surface area contributed by atoms with E-state index in [9.17, 15) is 9.90 Å². The molecule has 1 aromatic heterocycles. The molecule has 0 unspecified atom stereocenters. The number of hydrogen-bond donors (Lipinski definition) is 1. The normalized spacial score (nSPS) is 24.6. The van der Waals surface area contributed by atoms with Gasteiger partial charge in [-0.15, -0.1) is 11.3 Å². The molecule has 6 heteroatoms. The van der Waals surface area contributed by atoms with Crippen molar-refractivity contribution in [3.8, 4) is 0 Å². The van der Waals surface area contributed by atoms with E-state index in [1.165, 1.54) is 0 Å². The van der Waals surface area contributed by atoms with Crippen LogP contribution in [0.1, 0.15) is 43.1 Å². The van der Waals surface area contributed by atoms with E-state index in [0.717, 1.165) is 30.7 Å². The Balaban J connectivity index is 1.54. The largest absolute Gasteiger partial charge is 0.387 e. The van der Waals surface area contributed by atoms with Crippen LogP contribution in [0.4, 0.5) is 0 Å². The molecule has 122 valence electrons. The molecule has 2 aliphatic rings. The summed E-state index contributed by atoms with van der Waals surface area (Å²) >= 11 is 1.56. The molecule has 2 aliphatic heterocycles. The Morgan fingerprint density at radius 2 is 2.23 bits per heavy atom. The second kappa shape index (κ2) is 7.55. The number of hydrogen-bond acceptors (Lipinski definition) is 5. The molecule has 2 atom stereocenters. The van der Waals surface area contributed by atoms with Crippen molar-refractivity contribution in [1.82, 2.24) is 4.90 Å². The predicted molar refractivity (Wildman–Crippen MR) is 83.6 cm³/mol. The first-order chi connectivity index (χ1) is 10.7. The number of amides is 1. The molecule has 0 bridgehead atoms. The standard InChI is InChI=1S/C16H23NO4S/c18-13(14-5-2-9-22-14)10-12-4-1-6-17(12)15(19)11-16-20-7-3-8-21-16/h2,5,9,12-13,16,18H,1,3-4,6-8,10-11H2/t12-,13+/m0/s1. The van der Waals surface area contributed by atoms with Gasteiger partial charge in [-0.3, -0.25) is 4.79 Å². The highest BCUT2D eigenvalue weighted by Gasteiger charge is 2.32. The van der Waals surface area contributed by atoms with Crippen molar-refractivity contribution >= 4 is 17.2 Å². The Labute approximate surface area is 134 Å². The van der Waals surface area contributed by atoms with Crippen LogP contribution in [0.15, 0.2) is 17.5 Å². The van der Waals surface area contributed by atoms with E-state index in [4.69, 9.17) is 9.47 Å². The highest BCUT2D eigenvalue weighted by Crippen LogP contribution is 2.30. The number of aliphatic hydroxyl groups is 1. The van der Waals surface area contributed by atoms with E-state index in [1.807, 2.05) is 22.4 Å². The molecule has 1 amide bonds. The van der Waals surface area contributed by atoms with Gasteiger partial charge in [0.1, 0.15) is 0 Å². The number of carbonyl (C=O) groups is 1. The summed E-state index contributed by atoms with van der Waals surface area (Å²) in [6.45, 7) is 2.10. The lowest BCUT2D eigenvalue weighted by Gasteiger charge is -2.29. The summed E-state index contributed by atoms with van der Waals surface area (Å²) in [5.41, 5.74) is 0. The number of rotatable bonds is 5.